The van der Waals surface area contributed by atoms with Crippen LogP contribution < -0.4 is 5.32 Å². The van der Waals surface area contributed by atoms with Crippen LogP contribution in [0.5, 0.6) is 0 Å². The number of benzene rings is 1. The predicted molar refractivity (Wildman–Crippen MR) is 102 cm³/mol. The summed E-state index contributed by atoms with van der Waals surface area (Å²) in [5.41, 5.74) is 0.412. The van der Waals surface area contributed by atoms with E-state index in [1.807, 2.05) is 6.07 Å². The minimum absolute atomic E-state index is 0.304. The molecule has 0 unspecified atom stereocenters. The van der Waals surface area contributed by atoms with Crippen molar-refractivity contribution in [3.63, 3.8) is 0 Å². The summed E-state index contributed by atoms with van der Waals surface area (Å²) >= 11 is 0. The number of para-hydroxylation sites is 1. The lowest BCUT2D eigenvalue weighted by Crippen LogP contribution is -2.40. The van der Waals surface area contributed by atoms with Crippen molar-refractivity contribution < 1.29 is 18.3 Å². The maximum absolute atomic E-state index is 13.9. The molecule has 2 amide bonds. The Bertz CT molecular complexity index is 750. The summed E-state index contributed by atoms with van der Waals surface area (Å²) in [6.07, 6.45) is 4.07. The van der Waals surface area contributed by atoms with E-state index in [2.05, 4.69) is 15.2 Å². The third-order valence-corrected chi connectivity index (χ3v) is 4.58. The van der Waals surface area contributed by atoms with Gasteiger partial charge in [-0.05, 0) is 30.2 Å². The lowest BCUT2D eigenvalue weighted by atomic mass is 10.2. The maximum atomic E-state index is 13.9. The van der Waals surface area contributed by atoms with Crippen molar-refractivity contribution in [3.05, 3.63) is 59.9 Å². The number of morpholine rings is 1. The van der Waals surface area contributed by atoms with Crippen LogP contribution in [0.25, 0.3) is 0 Å². The molecular formula is C20H24F2N4O2. The molecule has 6 nitrogen and oxygen atoms in total. The first-order valence-electron chi connectivity index (χ1n) is 9.32. The smallest absolute Gasteiger partial charge is 0.322 e. The van der Waals surface area contributed by atoms with Crippen molar-refractivity contribution in [2.24, 2.45) is 0 Å². The highest BCUT2D eigenvalue weighted by atomic mass is 19.1. The number of rotatable bonds is 7. The van der Waals surface area contributed by atoms with Gasteiger partial charge in [0.15, 0.2) is 0 Å². The van der Waals surface area contributed by atoms with Crippen molar-refractivity contribution in [2.75, 3.05) is 44.7 Å². The fourth-order valence-electron chi connectivity index (χ4n) is 3.08. The third kappa shape index (κ3) is 5.71. The van der Waals surface area contributed by atoms with Crippen LogP contribution in [0.3, 0.4) is 0 Å². The Morgan fingerprint density at radius 1 is 1.18 bits per heavy atom. The van der Waals surface area contributed by atoms with Crippen molar-refractivity contribution in [3.8, 4) is 0 Å². The standard InChI is InChI=1S/C20H24F2N4O2/c21-17-5-1-6-18(22)19(17)24-20(27)26(15-16-4-2-7-23-14-16)9-3-8-25-10-12-28-13-11-25/h1-2,4-7,14H,3,8-13,15H2,(H,24,27). The second kappa shape index (κ2) is 10.1. The highest BCUT2D eigenvalue weighted by molar-refractivity contribution is 5.89. The molecule has 0 bridgehead atoms. The molecule has 0 radical (unpaired) electrons. The average Bonchev–Trinajstić information content (AvgIpc) is 2.71. The number of halogens is 2. The fraction of sp³-hybridized carbons (Fsp3) is 0.400. The summed E-state index contributed by atoms with van der Waals surface area (Å²) in [6, 6.07) is 6.59. The summed E-state index contributed by atoms with van der Waals surface area (Å²) in [4.78, 5) is 20.6. The van der Waals surface area contributed by atoms with Gasteiger partial charge in [-0.15, -0.1) is 0 Å². The lowest BCUT2D eigenvalue weighted by Gasteiger charge is -2.28. The number of nitrogens with one attached hydrogen (secondary N) is 1. The molecule has 1 fully saturated rings. The number of anilines is 1. The van der Waals surface area contributed by atoms with Crippen molar-refractivity contribution in [1.29, 1.82) is 0 Å². The van der Waals surface area contributed by atoms with Crippen molar-refractivity contribution in [1.82, 2.24) is 14.8 Å². The number of hydrogen-bond donors (Lipinski definition) is 1. The van der Waals surface area contributed by atoms with E-state index in [1.165, 1.54) is 6.07 Å². The third-order valence-electron chi connectivity index (χ3n) is 4.58. The highest BCUT2D eigenvalue weighted by Gasteiger charge is 2.19. The van der Waals surface area contributed by atoms with E-state index in [9.17, 15) is 13.6 Å². The van der Waals surface area contributed by atoms with E-state index >= 15 is 0 Å². The Hall–Kier alpha value is -2.58. The van der Waals surface area contributed by atoms with Gasteiger partial charge in [-0.25, -0.2) is 13.6 Å². The van der Waals surface area contributed by atoms with Gasteiger partial charge in [0.2, 0.25) is 0 Å². The molecule has 0 aliphatic carbocycles. The maximum Gasteiger partial charge on any atom is 0.322 e. The zero-order valence-electron chi connectivity index (χ0n) is 15.6. The van der Waals surface area contributed by atoms with Gasteiger partial charge in [0.1, 0.15) is 17.3 Å². The van der Waals surface area contributed by atoms with Crippen LogP contribution >= 0.6 is 0 Å². The first-order chi connectivity index (χ1) is 13.6. The van der Waals surface area contributed by atoms with E-state index in [0.717, 1.165) is 43.8 Å². The van der Waals surface area contributed by atoms with E-state index in [0.29, 0.717) is 26.3 Å². The Labute approximate surface area is 163 Å². The van der Waals surface area contributed by atoms with E-state index in [-0.39, 0.29) is 0 Å². The molecule has 1 saturated heterocycles. The predicted octanol–water partition coefficient (Wildman–Crippen LogP) is 3.12. The molecule has 150 valence electrons. The molecular weight excluding hydrogens is 366 g/mol. The zero-order valence-corrected chi connectivity index (χ0v) is 15.6. The zero-order chi connectivity index (χ0) is 19.8. The largest absolute Gasteiger partial charge is 0.379 e. The van der Waals surface area contributed by atoms with E-state index in [4.69, 9.17) is 4.74 Å². The second-order valence-corrected chi connectivity index (χ2v) is 6.62. The summed E-state index contributed by atoms with van der Waals surface area (Å²) in [5, 5.41) is 2.37. The van der Waals surface area contributed by atoms with Gasteiger partial charge >= 0.3 is 6.03 Å². The average molecular weight is 390 g/mol. The van der Waals surface area contributed by atoms with Gasteiger partial charge in [0.05, 0.1) is 13.2 Å². The Kier molecular flexibility index (Phi) is 7.27. The number of ether oxygens (including phenoxy) is 1. The van der Waals surface area contributed by atoms with Crippen LogP contribution in [-0.2, 0) is 11.3 Å². The Morgan fingerprint density at radius 3 is 2.61 bits per heavy atom. The van der Waals surface area contributed by atoms with Crippen molar-refractivity contribution >= 4 is 11.7 Å². The summed E-state index contributed by atoms with van der Waals surface area (Å²) in [7, 11) is 0. The SMILES string of the molecule is O=C(Nc1c(F)cccc1F)N(CCCN1CCOCC1)Cc1cccnc1. The van der Waals surface area contributed by atoms with Crippen molar-refractivity contribution in [2.45, 2.75) is 13.0 Å². The quantitative estimate of drug-likeness (QED) is 0.789. The number of urea groups is 1. The number of carbonyl (C=O) groups excluding carboxylic acids is 1. The molecule has 3 rings (SSSR count). The first-order valence-corrected chi connectivity index (χ1v) is 9.32. The summed E-state index contributed by atoms with van der Waals surface area (Å²) in [6.45, 7) is 4.75. The number of nitrogens with zero attached hydrogens (tertiary/aromatic N) is 3. The normalized spacial score (nSPS) is 14.6. The molecule has 1 aromatic heterocycles. The molecule has 0 saturated carbocycles. The molecule has 1 aliphatic heterocycles. The Balaban J connectivity index is 1.64. The minimum Gasteiger partial charge on any atom is -0.379 e. The lowest BCUT2D eigenvalue weighted by molar-refractivity contribution is 0.0365. The molecule has 1 aromatic carbocycles. The topological polar surface area (TPSA) is 57.7 Å². The summed E-state index contributed by atoms with van der Waals surface area (Å²) in [5.74, 6) is -1.61. The molecule has 1 N–H and O–H groups in total. The molecule has 8 heteroatoms. The number of carbonyl (C=O) groups is 1. The Morgan fingerprint density at radius 2 is 1.93 bits per heavy atom. The van der Waals surface area contributed by atoms with Gasteiger partial charge in [-0.1, -0.05) is 12.1 Å². The number of hydrogen-bond acceptors (Lipinski definition) is 4. The van der Waals surface area contributed by atoms with Gasteiger partial charge in [0, 0.05) is 45.1 Å². The van der Waals surface area contributed by atoms with Crippen LogP contribution in [0.2, 0.25) is 0 Å². The fourth-order valence-corrected chi connectivity index (χ4v) is 3.08. The number of amides is 2. The van der Waals surface area contributed by atoms with Gasteiger partial charge in [0.25, 0.3) is 0 Å². The van der Waals surface area contributed by atoms with Gasteiger partial charge in [-0.2, -0.15) is 0 Å². The van der Waals surface area contributed by atoms with Crippen LogP contribution in [0, 0.1) is 11.6 Å². The van der Waals surface area contributed by atoms with Crippen LogP contribution in [0.15, 0.2) is 42.7 Å². The molecule has 1 aliphatic rings. The first kappa shape index (κ1) is 20.2. The number of aromatic nitrogens is 1. The monoisotopic (exact) mass is 390 g/mol. The molecule has 2 aromatic rings. The summed E-state index contributed by atoms with van der Waals surface area (Å²) < 4.78 is 33.1. The molecule has 0 atom stereocenters. The molecule has 0 spiro atoms. The minimum atomic E-state index is -0.803. The second-order valence-electron chi connectivity index (χ2n) is 6.62. The highest BCUT2D eigenvalue weighted by Crippen LogP contribution is 2.19. The molecule has 2 heterocycles. The van der Waals surface area contributed by atoms with Crippen LogP contribution in [0.1, 0.15) is 12.0 Å². The number of pyridine rings is 1. The van der Waals surface area contributed by atoms with E-state index in [1.54, 1.807) is 23.4 Å². The van der Waals surface area contributed by atoms with Gasteiger partial charge in [-0.3, -0.25) is 9.88 Å². The van der Waals surface area contributed by atoms with E-state index < -0.39 is 23.4 Å². The van der Waals surface area contributed by atoms with Crippen LogP contribution in [-0.4, -0.2) is 60.2 Å². The van der Waals surface area contributed by atoms with Gasteiger partial charge < -0.3 is 15.0 Å². The molecule has 28 heavy (non-hydrogen) atoms. The van der Waals surface area contributed by atoms with Crippen LogP contribution in [0.4, 0.5) is 19.3 Å².